The lowest BCUT2D eigenvalue weighted by Gasteiger charge is -2.39. The highest BCUT2D eigenvalue weighted by atomic mass is 16.5. The maximum absolute atomic E-state index is 11.9. The molecule has 0 heterocycles. The molecule has 1 unspecified atom stereocenters. The van der Waals surface area contributed by atoms with Crippen LogP contribution < -0.4 is 16.3 Å². The number of hydrogen-bond acceptors (Lipinski definition) is 6. The fraction of sp³-hybridized carbons (Fsp3) is 0.435. The maximum Gasteiger partial charge on any atom is 0.329 e. The lowest BCUT2D eigenvalue weighted by Crippen LogP contribution is -2.56. The number of nitrogens with two attached hydrogens (primary N) is 2. The van der Waals surface area contributed by atoms with Crippen molar-refractivity contribution in [2.24, 2.45) is 17.0 Å². The lowest BCUT2D eigenvalue weighted by atomic mass is 9.81. The molecule has 0 spiro atoms. The Kier molecular flexibility index (Phi) is 9.11. The predicted octanol–water partition coefficient (Wildman–Crippen LogP) is 2.56. The van der Waals surface area contributed by atoms with E-state index >= 15 is 0 Å². The van der Waals surface area contributed by atoms with E-state index in [2.05, 4.69) is 0 Å². The fourth-order valence-corrected chi connectivity index (χ4v) is 3.28. The number of rotatable bonds is 12. The van der Waals surface area contributed by atoms with Crippen LogP contribution >= 0.6 is 0 Å². The number of benzene rings is 2. The van der Waals surface area contributed by atoms with Crippen LogP contribution in [-0.4, -0.2) is 47.1 Å². The number of urea groups is 1. The number of hydrazine groups is 1. The third kappa shape index (κ3) is 7.43. The summed E-state index contributed by atoms with van der Waals surface area (Å²) >= 11 is 0. The van der Waals surface area contributed by atoms with Gasteiger partial charge in [-0.25, -0.2) is 10.6 Å². The zero-order chi connectivity index (χ0) is 22.9. The molecular formula is C23H33N3O5. The van der Waals surface area contributed by atoms with Gasteiger partial charge in [0.1, 0.15) is 0 Å². The first-order chi connectivity index (χ1) is 14.7. The Morgan fingerprint density at radius 1 is 1.16 bits per heavy atom. The van der Waals surface area contributed by atoms with Gasteiger partial charge in [-0.15, -0.1) is 0 Å². The smallest absolute Gasteiger partial charge is 0.329 e. The molecule has 2 aromatic carbocycles. The third-order valence-corrected chi connectivity index (χ3v) is 5.09. The van der Waals surface area contributed by atoms with Crippen LogP contribution in [0, 0.1) is 5.41 Å². The average molecular weight is 432 g/mol. The number of aliphatic hydroxyl groups excluding tert-OH is 1. The van der Waals surface area contributed by atoms with Crippen LogP contribution in [0.5, 0.6) is 11.5 Å². The summed E-state index contributed by atoms with van der Waals surface area (Å²) in [7, 11) is 0. The summed E-state index contributed by atoms with van der Waals surface area (Å²) in [5.41, 5.74) is 6.82. The van der Waals surface area contributed by atoms with Crippen molar-refractivity contribution >= 4 is 6.03 Å². The zero-order valence-corrected chi connectivity index (χ0v) is 18.2. The van der Waals surface area contributed by atoms with Crippen LogP contribution in [0.15, 0.2) is 48.5 Å². The molecule has 8 nitrogen and oxygen atoms in total. The van der Waals surface area contributed by atoms with Crippen molar-refractivity contribution in [3.8, 4) is 11.5 Å². The van der Waals surface area contributed by atoms with Crippen LogP contribution in [0.3, 0.4) is 0 Å². The Morgan fingerprint density at radius 2 is 1.87 bits per heavy atom. The van der Waals surface area contributed by atoms with Crippen molar-refractivity contribution in [2.45, 2.75) is 39.3 Å². The van der Waals surface area contributed by atoms with Gasteiger partial charge in [0.25, 0.3) is 0 Å². The molecule has 8 heteroatoms. The molecule has 0 aliphatic carbocycles. The number of phenolic OH excluding ortho intramolecular Hbond substituents is 1. The van der Waals surface area contributed by atoms with Gasteiger partial charge in [0.15, 0.2) is 11.5 Å². The number of carbonyl (C=O) groups excluding carboxylic acids is 1. The van der Waals surface area contributed by atoms with E-state index in [9.17, 15) is 9.90 Å². The summed E-state index contributed by atoms with van der Waals surface area (Å²) in [5.74, 6) is 6.35. The first kappa shape index (κ1) is 24.5. The summed E-state index contributed by atoms with van der Waals surface area (Å²) < 4.78 is 11.5. The predicted molar refractivity (Wildman–Crippen MR) is 118 cm³/mol. The van der Waals surface area contributed by atoms with Crippen LogP contribution in [0.2, 0.25) is 0 Å². The number of nitrogens with zero attached hydrogens (tertiary/aromatic N) is 1. The second-order valence-corrected chi connectivity index (χ2v) is 8.16. The van der Waals surface area contributed by atoms with Gasteiger partial charge < -0.3 is 25.4 Å². The highest BCUT2D eigenvalue weighted by molar-refractivity contribution is 5.71. The zero-order valence-electron chi connectivity index (χ0n) is 18.2. The monoisotopic (exact) mass is 431 g/mol. The molecule has 6 N–H and O–H groups in total. The number of aliphatic hydroxyl groups is 1. The van der Waals surface area contributed by atoms with E-state index < -0.39 is 17.5 Å². The molecule has 0 aromatic heterocycles. The molecular weight excluding hydrogens is 398 g/mol. The van der Waals surface area contributed by atoms with E-state index in [1.54, 1.807) is 12.1 Å². The highest BCUT2D eigenvalue weighted by Gasteiger charge is 2.35. The van der Waals surface area contributed by atoms with Crippen LogP contribution in [0.4, 0.5) is 4.79 Å². The van der Waals surface area contributed by atoms with Crippen molar-refractivity contribution in [2.75, 3.05) is 19.8 Å². The summed E-state index contributed by atoms with van der Waals surface area (Å²) in [4.78, 5) is 11.9. The van der Waals surface area contributed by atoms with Gasteiger partial charge >= 0.3 is 6.03 Å². The summed E-state index contributed by atoms with van der Waals surface area (Å²) in [6.07, 6.45) is 0.841. The van der Waals surface area contributed by atoms with Gasteiger partial charge in [-0.2, -0.15) is 0 Å². The topological polar surface area (TPSA) is 131 Å². The number of amides is 2. The Morgan fingerprint density at radius 3 is 2.52 bits per heavy atom. The van der Waals surface area contributed by atoms with Crippen molar-refractivity contribution < 1.29 is 24.5 Å². The molecule has 0 fully saturated rings. The Hall–Kier alpha value is -2.81. The first-order valence-corrected chi connectivity index (χ1v) is 10.2. The van der Waals surface area contributed by atoms with Gasteiger partial charge in [-0.05, 0) is 29.7 Å². The Bertz CT molecular complexity index is 829. The first-order valence-electron chi connectivity index (χ1n) is 10.2. The van der Waals surface area contributed by atoms with E-state index in [0.29, 0.717) is 31.8 Å². The van der Waals surface area contributed by atoms with Crippen LogP contribution in [-0.2, 0) is 17.8 Å². The van der Waals surface area contributed by atoms with Gasteiger partial charge in [-0.1, -0.05) is 50.2 Å². The largest absolute Gasteiger partial charge is 0.504 e. The molecule has 0 saturated carbocycles. The molecule has 0 radical (unpaired) electrons. The van der Waals surface area contributed by atoms with E-state index in [1.807, 2.05) is 44.2 Å². The number of carbonyl (C=O) groups is 1. The molecule has 1 atom stereocenters. The quantitative estimate of drug-likeness (QED) is 0.177. The molecule has 2 rings (SSSR count). The lowest BCUT2D eigenvalue weighted by molar-refractivity contribution is 0.00488. The second kappa shape index (κ2) is 11.5. The number of ether oxygens (including phenoxy) is 2. The maximum atomic E-state index is 11.9. The second-order valence-electron chi connectivity index (χ2n) is 8.16. The molecule has 0 saturated heterocycles. The number of aromatic hydroxyl groups is 1. The van der Waals surface area contributed by atoms with Gasteiger partial charge in [0.05, 0.1) is 25.9 Å². The van der Waals surface area contributed by atoms with Crippen molar-refractivity contribution in [1.82, 2.24) is 5.01 Å². The Labute approximate surface area is 183 Å². The van der Waals surface area contributed by atoms with Gasteiger partial charge in [0.2, 0.25) is 0 Å². The number of primary amides is 1. The molecule has 0 aliphatic rings. The number of phenols is 1. The molecule has 2 amide bonds. The average Bonchev–Trinajstić information content (AvgIpc) is 2.74. The van der Waals surface area contributed by atoms with Crippen molar-refractivity contribution in [1.29, 1.82) is 0 Å². The van der Waals surface area contributed by atoms with E-state index in [4.69, 9.17) is 26.2 Å². The van der Waals surface area contributed by atoms with E-state index in [-0.39, 0.29) is 19.0 Å². The van der Waals surface area contributed by atoms with E-state index in [0.717, 1.165) is 16.1 Å². The third-order valence-electron chi connectivity index (χ3n) is 5.09. The highest BCUT2D eigenvalue weighted by Crippen LogP contribution is 2.32. The molecule has 170 valence electrons. The van der Waals surface area contributed by atoms with Gasteiger partial charge in [0, 0.05) is 18.4 Å². The van der Waals surface area contributed by atoms with Crippen molar-refractivity contribution in [3.63, 3.8) is 0 Å². The molecule has 0 bridgehead atoms. The van der Waals surface area contributed by atoms with E-state index in [1.165, 1.54) is 6.07 Å². The minimum absolute atomic E-state index is 0.000439. The minimum atomic E-state index is -0.737. The van der Waals surface area contributed by atoms with Crippen LogP contribution in [0.25, 0.3) is 0 Å². The minimum Gasteiger partial charge on any atom is -0.504 e. The van der Waals surface area contributed by atoms with Crippen molar-refractivity contribution in [3.05, 3.63) is 59.7 Å². The fourth-order valence-electron chi connectivity index (χ4n) is 3.28. The SMILES string of the molecule is CC(C)(COCc1ccccc1)C(Cc1ccc(O)c(OCCCO)c1)N(N)C(N)=O. The molecule has 31 heavy (non-hydrogen) atoms. The molecule has 2 aromatic rings. The summed E-state index contributed by atoms with van der Waals surface area (Å²) in [6.45, 7) is 5.00. The Balaban J connectivity index is 2.13. The summed E-state index contributed by atoms with van der Waals surface area (Å²) in [5, 5.41) is 20.0. The summed E-state index contributed by atoms with van der Waals surface area (Å²) in [6, 6.07) is 13.6. The number of hydrogen-bond donors (Lipinski definition) is 4. The van der Waals surface area contributed by atoms with Crippen LogP contribution in [0.1, 0.15) is 31.4 Å². The van der Waals surface area contributed by atoms with Gasteiger partial charge in [-0.3, -0.25) is 5.01 Å². The standard InChI is InChI=1S/C23H33N3O5/c1-23(2,16-30-15-17-7-4-3-5-8-17)21(26(25)22(24)29)14-18-9-10-19(28)20(13-18)31-12-6-11-27/h3-5,7-10,13,21,27-28H,6,11-12,14-16,25H2,1-2H3,(H2,24,29). The molecule has 0 aliphatic heterocycles. The normalized spacial score (nSPS) is 12.4.